The summed E-state index contributed by atoms with van der Waals surface area (Å²) in [5.74, 6) is -9.34. The van der Waals surface area contributed by atoms with Gasteiger partial charge < -0.3 is 37.0 Å². The number of carbonyl (C=O) groups is 3. The molecule has 1 aromatic rings. The van der Waals surface area contributed by atoms with Gasteiger partial charge in [0.25, 0.3) is 5.91 Å². The third kappa shape index (κ3) is 2.63. The number of phenols is 1. The Kier molecular flexibility index (Phi) is 4.86. The first-order chi connectivity index (χ1) is 15.3. The minimum absolute atomic E-state index is 0.0916. The average Bonchev–Trinajstić information content (AvgIpc) is 2.72. The van der Waals surface area contributed by atoms with Crippen LogP contribution in [0, 0.1) is 11.8 Å². The van der Waals surface area contributed by atoms with Crippen molar-refractivity contribution in [3.05, 3.63) is 45.9 Å². The number of ketones is 2. The molecule has 0 aliphatic heterocycles. The SMILES string of the molecule is C[C@H]1c2ccc(N)c(O)c2C(=O)C2=C(O)[C@]3(O)C(=O)C(C(N)=O)=C(O)[C@@H](N(C)C)[C@@H]3[C@@H](O)[C@@H]21. The largest absolute Gasteiger partial charge is 0.510 e. The highest BCUT2D eigenvalue weighted by atomic mass is 16.4. The molecule has 0 heterocycles. The summed E-state index contributed by atoms with van der Waals surface area (Å²) in [6.45, 7) is 1.65. The highest BCUT2D eigenvalue weighted by Gasteiger charge is 2.67. The number of fused-ring (bicyclic) bond motifs is 3. The number of nitrogen functional groups attached to an aromatic ring is 1. The van der Waals surface area contributed by atoms with Gasteiger partial charge in [0.15, 0.2) is 11.4 Å². The summed E-state index contributed by atoms with van der Waals surface area (Å²) in [7, 11) is 2.95. The molecule has 0 radical (unpaired) electrons. The molecule has 4 rings (SSSR count). The molecule has 11 nitrogen and oxygen atoms in total. The normalized spacial score (nSPS) is 33.7. The summed E-state index contributed by atoms with van der Waals surface area (Å²) in [4.78, 5) is 40.0. The van der Waals surface area contributed by atoms with E-state index in [4.69, 9.17) is 11.5 Å². The van der Waals surface area contributed by atoms with Crippen LogP contribution >= 0.6 is 0 Å². The van der Waals surface area contributed by atoms with Crippen LogP contribution in [0.4, 0.5) is 5.69 Å². The summed E-state index contributed by atoms with van der Waals surface area (Å²) < 4.78 is 0. The third-order valence-corrected chi connectivity index (χ3v) is 7.16. The molecule has 0 spiro atoms. The Hall–Kier alpha value is -3.41. The number of nitrogens with two attached hydrogens (primary N) is 2. The number of hydrogen-bond acceptors (Lipinski definition) is 10. The summed E-state index contributed by atoms with van der Waals surface area (Å²) in [6, 6.07) is 1.63. The van der Waals surface area contributed by atoms with Gasteiger partial charge in [-0.15, -0.1) is 0 Å². The zero-order chi connectivity index (χ0) is 24.7. The number of anilines is 1. The molecule has 0 bridgehead atoms. The lowest BCUT2D eigenvalue weighted by Gasteiger charge is -2.53. The first kappa shape index (κ1) is 22.8. The number of Topliss-reactive ketones (excluding diaryl/α,β-unsaturated/α-hetero) is 2. The van der Waals surface area contributed by atoms with Gasteiger partial charge >= 0.3 is 0 Å². The van der Waals surface area contributed by atoms with E-state index in [1.165, 1.54) is 31.1 Å². The number of amides is 1. The van der Waals surface area contributed by atoms with Gasteiger partial charge in [0, 0.05) is 11.5 Å². The molecule has 0 unspecified atom stereocenters. The fourth-order valence-corrected chi connectivity index (χ4v) is 5.64. The van der Waals surface area contributed by atoms with Crippen molar-refractivity contribution in [2.45, 2.75) is 30.6 Å². The van der Waals surface area contributed by atoms with Gasteiger partial charge in [0.2, 0.25) is 5.78 Å². The standard InChI is InChI=1S/C22H25N3O8/c1-6-7-4-5-8(23)15(26)10(7)16(27)11-9(6)17(28)13-14(25(2)3)18(29)12(21(24)32)20(31)22(13,33)19(11)30/h4-6,9,13-14,17,26,28-30,33H,23H2,1-3H3,(H2,24,32)/t6-,9+,13+,14-,17-,22-/m0/s1. The molecular weight excluding hydrogens is 434 g/mol. The van der Waals surface area contributed by atoms with Crippen molar-refractivity contribution in [2.24, 2.45) is 17.6 Å². The van der Waals surface area contributed by atoms with Gasteiger partial charge in [0.1, 0.15) is 22.8 Å². The van der Waals surface area contributed by atoms with Crippen LogP contribution in [0.2, 0.25) is 0 Å². The summed E-state index contributed by atoms with van der Waals surface area (Å²) >= 11 is 0. The monoisotopic (exact) mass is 459 g/mol. The molecule has 33 heavy (non-hydrogen) atoms. The van der Waals surface area contributed by atoms with E-state index in [2.05, 4.69) is 0 Å². The zero-order valence-corrected chi connectivity index (χ0v) is 18.1. The van der Waals surface area contributed by atoms with Crippen molar-refractivity contribution in [3.63, 3.8) is 0 Å². The molecule has 3 aliphatic rings. The second-order valence-corrected chi connectivity index (χ2v) is 9.02. The first-order valence-corrected chi connectivity index (χ1v) is 10.2. The van der Waals surface area contributed by atoms with E-state index in [0.29, 0.717) is 5.56 Å². The van der Waals surface area contributed by atoms with Crippen molar-refractivity contribution in [1.29, 1.82) is 0 Å². The molecule has 1 aromatic carbocycles. The molecular formula is C22H25N3O8. The number of primary amides is 1. The Morgan fingerprint density at radius 3 is 2.30 bits per heavy atom. The fraction of sp³-hybridized carbons (Fsp3) is 0.409. The van der Waals surface area contributed by atoms with Crippen LogP contribution in [0.3, 0.4) is 0 Å². The van der Waals surface area contributed by atoms with E-state index in [1.54, 1.807) is 6.92 Å². The summed E-state index contributed by atoms with van der Waals surface area (Å²) in [6.07, 6.45) is -1.62. The number of rotatable bonds is 2. The van der Waals surface area contributed by atoms with Gasteiger partial charge in [-0.1, -0.05) is 13.0 Å². The first-order valence-electron chi connectivity index (χ1n) is 10.2. The number of nitrogens with zero attached hydrogens (tertiary/aromatic N) is 1. The van der Waals surface area contributed by atoms with E-state index in [-0.39, 0.29) is 11.3 Å². The Balaban J connectivity index is 2.07. The molecule has 176 valence electrons. The van der Waals surface area contributed by atoms with Gasteiger partial charge in [-0.2, -0.15) is 0 Å². The van der Waals surface area contributed by atoms with Crippen LogP contribution in [-0.4, -0.2) is 79.7 Å². The number of aliphatic hydroxyl groups is 4. The minimum Gasteiger partial charge on any atom is -0.510 e. The van der Waals surface area contributed by atoms with Gasteiger partial charge in [-0.25, -0.2) is 0 Å². The van der Waals surface area contributed by atoms with Crippen LogP contribution in [-0.2, 0) is 9.59 Å². The van der Waals surface area contributed by atoms with Crippen molar-refractivity contribution in [1.82, 2.24) is 4.90 Å². The number of phenolic OH excluding ortho intramolecular Hbond substituents is 1. The molecule has 11 heteroatoms. The fourth-order valence-electron chi connectivity index (χ4n) is 5.64. The van der Waals surface area contributed by atoms with Crippen LogP contribution in [0.15, 0.2) is 34.8 Å². The number of carbonyl (C=O) groups excluding carboxylic acids is 3. The second-order valence-electron chi connectivity index (χ2n) is 9.02. The lowest BCUT2D eigenvalue weighted by atomic mass is 9.55. The average molecular weight is 459 g/mol. The number of benzene rings is 1. The predicted molar refractivity (Wildman–Crippen MR) is 114 cm³/mol. The van der Waals surface area contributed by atoms with Crippen LogP contribution < -0.4 is 11.5 Å². The summed E-state index contributed by atoms with van der Waals surface area (Å²) in [5, 5.41) is 55.3. The molecule has 0 fully saturated rings. The lowest BCUT2D eigenvalue weighted by Crippen LogP contribution is -2.68. The van der Waals surface area contributed by atoms with E-state index >= 15 is 0 Å². The highest BCUT2D eigenvalue weighted by Crippen LogP contribution is 2.55. The number of aromatic hydroxyl groups is 1. The van der Waals surface area contributed by atoms with Crippen molar-refractivity contribution >= 4 is 23.2 Å². The Labute approximate surface area is 188 Å². The highest BCUT2D eigenvalue weighted by molar-refractivity contribution is 6.25. The predicted octanol–water partition coefficient (Wildman–Crippen LogP) is -0.765. The third-order valence-electron chi connectivity index (χ3n) is 7.16. The van der Waals surface area contributed by atoms with Crippen LogP contribution in [0.1, 0.15) is 28.8 Å². The lowest BCUT2D eigenvalue weighted by molar-refractivity contribution is -0.162. The van der Waals surface area contributed by atoms with Crippen molar-refractivity contribution in [3.8, 4) is 5.75 Å². The maximum Gasteiger partial charge on any atom is 0.255 e. The summed E-state index contributed by atoms with van der Waals surface area (Å²) in [5.41, 5.74) is 6.72. The molecule has 6 atom stereocenters. The van der Waals surface area contributed by atoms with Crippen molar-refractivity contribution < 1.29 is 39.9 Å². The smallest absolute Gasteiger partial charge is 0.255 e. The number of hydrogen-bond donors (Lipinski definition) is 7. The zero-order valence-electron chi connectivity index (χ0n) is 18.1. The van der Waals surface area contributed by atoms with Gasteiger partial charge in [-0.05, 0) is 31.6 Å². The molecule has 0 saturated heterocycles. The Morgan fingerprint density at radius 2 is 1.76 bits per heavy atom. The quantitative estimate of drug-likeness (QED) is 0.167. The maximum absolute atomic E-state index is 13.4. The number of aliphatic hydroxyl groups excluding tert-OH is 3. The van der Waals surface area contributed by atoms with Gasteiger partial charge in [0.05, 0.1) is 29.3 Å². The topological polar surface area (TPSA) is 208 Å². The van der Waals surface area contributed by atoms with Crippen LogP contribution in [0.25, 0.3) is 0 Å². The molecule has 0 aromatic heterocycles. The number of likely N-dealkylation sites (N-methyl/N-ethyl adjacent to an activating group) is 1. The maximum atomic E-state index is 13.4. The second kappa shape index (κ2) is 7.04. The van der Waals surface area contributed by atoms with E-state index in [0.717, 1.165) is 0 Å². The van der Waals surface area contributed by atoms with E-state index < -0.39 is 81.4 Å². The Morgan fingerprint density at radius 1 is 1.15 bits per heavy atom. The molecule has 3 aliphatic carbocycles. The van der Waals surface area contributed by atoms with Gasteiger partial charge in [-0.3, -0.25) is 19.3 Å². The van der Waals surface area contributed by atoms with Crippen LogP contribution in [0.5, 0.6) is 5.75 Å². The van der Waals surface area contributed by atoms with Crippen molar-refractivity contribution in [2.75, 3.05) is 19.8 Å². The molecule has 1 amide bonds. The Bertz CT molecular complexity index is 1190. The minimum atomic E-state index is -2.93. The van der Waals surface area contributed by atoms with E-state index in [1.807, 2.05) is 0 Å². The molecule has 9 N–H and O–H groups in total. The van der Waals surface area contributed by atoms with E-state index in [9.17, 15) is 39.9 Å². The molecule has 0 saturated carbocycles.